The largest absolute Gasteiger partial charge is 0.370 e. The van der Waals surface area contributed by atoms with E-state index in [1.165, 1.54) is 0 Å². The number of amides is 1. The highest BCUT2D eigenvalue weighted by Crippen LogP contribution is 2.28. The summed E-state index contributed by atoms with van der Waals surface area (Å²) in [5.74, 6) is -0.0969. The molecule has 2 N–H and O–H groups in total. The van der Waals surface area contributed by atoms with Crippen molar-refractivity contribution in [3.05, 3.63) is 34.9 Å². The van der Waals surface area contributed by atoms with Crippen LogP contribution in [0.4, 0.5) is 0 Å². The van der Waals surface area contributed by atoms with Crippen LogP contribution in [0.25, 0.3) is 0 Å². The van der Waals surface area contributed by atoms with Gasteiger partial charge in [0.25, 0.3) is 0 Å². The molecule has 1 aromatic rings. The zero-order chi connectivity index (χ0) is 14.7. The molecule has 2 rings (SSSR count). The molecule has 0 saturated carbocycles. The third-order valence-corrected chi connectivity index (χ3v) is 4.15. The second-order valence-corrected chi connectivity index (χ2v) is 5.72. The van der Waals surface area contributed by atoms with Crippen LogP contribution >= 0.6 is 11.6 Å². The van der Waals surface area contributed by atoms with E-state index < -0.39 is 0 Å². The van der Waals surface area contributed by atoms with E-state index in [-0.39, 0.29) is 24.0 Å². The van der Waals surface area contributed by atoms with Gasteiger partial charge >= 0.3 is 0 Å². The van der Waals surface area contributed by atoms with Gasteiger partial charge in [0.1, 0.15) is 6.10 Å². The van der Waals surface area contributed by atoms with Gasteiger partial charge in [-0.15, -0.1) is 0 Å². The molecule has 1 fully saturated rings. The Balaban J connectivity index is 2.09. The first-order chi connectivity index (χ1) is 9.50. The van der Waals surface area contributed by atoms with Crippen molar-refractivity contribution in [3.8, 4) is 0 Å². The van der Waals surface area contributed by atoms with Crippen molar-refractivity contribution in [1.29, 1.82) is 0 Å². The lowest BCUT2D eigenvalue weighted by molar-refractivity contribution is -0.143. The summed E-state index contributed by atoms with van der Waals surface area (Å²) < 4.78 is 5.76. The summed E-state index contributed by atoms with van der Waals surface area (Å²) in [5.41, 5.74) is 6.74. The maximum absolute atomic E-state index is 12.4. The van der Waals surface area contributed by atoms with E-state index in [0.717, 1.165) is 5.56 Å². The molecule has 110 valence electrons. The Kier molecular flexibility index (Phi) is 5.02. The van der Waals surface area contributed by atoms with E-state index >= 15 is 0 Å². The average Bonchev–Trinajstić information content (AvgIpc) is 2.46. The minimum absolute atomic E-state index is 0.0837. The lowest BCUT2D eigenvalue weighted by atomic mass is 10.0. The molecule has 4 nitrogen and oxygen atoms in total. The van der Waals surface area contributed by atoms with E-state index in [1.54, 1.807) is 0 Å². The summed E-state index contributed by atoms with van der Waals surface area (Å²) in [7, 11) is 0. The molecule has 0 spiro atoms. The fourth-order valence-electron chi connectivity index (χ4n) is 2.29. The first-order valence-corrected chi connectivity index (χ1v) is 7.29. The fourth-order valence-corrected chi connectivity index (χ4v) is 2.54. The normalized spacial score (nSPS) is 22.4. The number of ether oxygens (including phenoxy) is 1. The lowest BCUT2D eigenvalue weighted by Gasteiger charge is -2.35. The predicted molar refractivity (Wildman–Crippen MR) is 79.5 cm³/mol. The molecular formula is C15H21ClN2O2. The highest BCUT2D eigenvalue weighted by atomic mass is 35.5. The number of hydrogen-bond acceptors (Lipinski definition) is 3. The Morgan fingerprint density at radius 2 is 2.15 bits per heavy atom. The molecule has 20 heavy (non-hydrogen) atoms. The van der Waals surface area contributed by atoms with Gasteiger partial charge in [-0.25, -0.2) is 0 Å². The summed E-state index contributed by atoms with van der Waals surface area (Å²) in [6, 6.07) is 7.44. The summed E-state index contributed by atoms with van der Waals surface area (Å²) in [4.78, 5) is 14.2. The van der Waals surface area contributed by atoms with E-state index in [9.17, 15) is 4.79 Å². The van der Waals surface area contributed by atoms with Crippen LogP contribution in [0.3, 0.4) is 0 Å². The van der Waals surface area contributed by atoms with Crippen molar-refractivity contribution in [2.75, 3.05) is 19.7 Å². The Morgan fingerprint density at radius 3 is 2.80 bits per heavy atom. The molecule has 1 heterocycles. The van der Waals surface area contributed by atoms with Gasteiger partial charge in [0.05, 0.1) is 19.1 Å². The number of carbonyl (C=O) groups excluding carboxylic acids is 1. The minimum atomic E-state index is -0.181. The highest BCUT2D eigenvalue weighted by molar-refractivity contribution is 6.31. The zero-order valence-corrected chi connectivity index (χ0v) is 12.6. The van der Waals surface area contributed by atoms with Crippen molar-refractivity contribution in [2.24, 2.45) is 11.7 Å². The second kappa shape index (κ2) is 6.57. The standard InChI is InChI=1S/C15H21ClN2O2/c1-10(11(2)17)15(19)18-7-8-20-14(9-18)12-5-3-4-6-13(12)16/h3-6,10-11,14H,7-9,17H2,1-2H3. The summed E-state index contributed by atoms with van der Waals surface area (Å²) in [6.45, 7) is 5.38. The van der Waals surface area contributed by atoms with E-state index in [2.05, 4.69) is 0 Å². The molecule has 0 radical (unpaired) electrons. The molecule has 1 amide bonds. The van der Waals surface area contributed by atoms with Crippen LogP contribution in [0.15, 0.2) is 24.3 Å². The average molecular weight is 297 g/mol. The van der Waals surface area contributed by atoms with Crippen LogP contribution in [-0.4, -0.2) is 36.5 Å². The smallest absolute Gasteiger partial charge is 0.227 e. The van der Waals surface area contributed by atoms with Crippen LogP contribution in [0.5, 0.6) is 0 Å². The Hall–Kier alpha value is -1.10. The molecule has 1 saturated heterocycles. The topological polar surface area (TPSA) is 55.6 Å². The van der Waals surface area contributed by atoms with E-state index in [0.29, 0.717) is 24.7 Å². The van der Waals surface area contributed by atoms with E-state index in [1.807, 2.05) is 43.0 Å². The number of nitrogens with two attached hydrogens (primary N) is 1. The van der Waals surface area contributed by atoms with Crippen molar-refractivity contribution in [3.63, 3.8) is 0 Å². The highest BCUT2D eigenvalue weighted by Gasteiger charge is 2.30. The van der Waals surface area contributed by atoms with Crippen molar-refractivity contribution in [2.45, 2.75) is 26.0 Å². The third-order valence-electron chi connectivity index (χ3n) is 3.81. The molecule has 3 atom stereocenters. The maximum atomic E-state index is 12.4. The lowest BCUT2D eigenvalue weighted by Crippen LogP contribution is -2.47. The van der Waals surface area contributed by atoms with Gasteiger partial charge in [-0.05, 0) is 13.0 Å². The van der Waals surface area contributed by atoms with Crippen LogP contribution in [0, 0.1) is 5.92 Å². The number of hydrogen-bond donors (Lipinski definition) is 1. The second-order valence-electron chi connectivity index (χ2n) is 5.31. The maximum Gasteiger partial charge on any atom is 0.227 e. The molecule has 1 aromatic carbocycles. The van der Waals surface area contributed by atoms with Crippen molar-refractivity contribution < 1.29 is 9.53 Å². The van der Waals surface area contributed by atoms with Crippen molar-refractivity contribution in [1.82, 2.24) is 4.90 Å². The first kappa shape index (κ1) is 15.3. The van der Waals surface area contributed by atoms with Crippen LogP contribution in [0.1, 0.15) is 25.5 Å². The van der Waals surface area contributed by atoms with Crippen LogP contribution in [-0.2, 0) is 9.53 Å². The number of benzene rings is 1. The number of carbonyl (C=O) groups is 1. The Labute approximate surface area is 124 Å². The van der Waals surface area contributed by atoms with Crippen LogP contribution in [0.2, 0.25) is 5.02 Å². The number of morpholine rings is 1. The minimum Gasteiger partial charge on any atom is -0.370 e. The molecule has 0 aliphatic carbocycles. The first-order valence-electron chi connectivity index (χ1n) is 6.91. The van der Waals surface area contributed by atoms with Gasteiger partial charge in [0.15, 0.2) is 0 Å². The predicted octanol–water partition coefficient (Wildman–Crippen LogP) is 2.22. The zero-order valence-electron chi connectivity index (χ0n) is 11.9. The molecule has 5 heteroatoms. The van der Waals surface area contributed by atoms with Gasteiger partial charge in [-0.2, -0.15) is 0 Å². The van der Waals surface area contributed by atoms with Crippen molar-refractivity contribution >= 4 is 17.5 Å². The summed E-state index contributed by atoms with van der Waals surface area (Å²) >= 11 is 6.19. The molecular weight excluding hydrogens is 276 g/mol. The quantitative estimate of drug-likeness (QED) is 0.930. The molecule has 1 aliphatic heterocycles. The van der Waals surface area contributed by atoms with Gasteiger partial charge in [0.2, 0.25) is 5.91 Å². The monoisotopic (exact) mass is 296 g/mol. The third kappa shape index (κ3) is 3.32. The van der Waals surface area contributed by atoms with Crippen LogP contribution < -0.4 is 5.73 Å². The number of rotatable bonds is 3. The molecule has 0 aromatic heterocycles. The summed E-state index contributed by atoms with van der Waals surface area (Å²) in [6.07, 6.45) is -0.165. The Bertz CT molecular complexity index is 479. The van der Waals surface area contributed by atoms with Gasteiger partial charge in [0, 0.05) is 23.2 Å². The fraction of sp³-hybridized carbons (Fsp3) is 0.533. The Morgan fingerprint density at radius 1 is 1.45 bits per heavy atom. The van der Waals surface area contributed by atoms with Gasteiger partial charge in [-0.1, -0.05) is 36.7 Å². The van der Waals surface area contributed by atoms with Gasteiger partial charge in [-0.3, -0.25) is 4.79 Å². The van der Waals surface area contributed by atoms with Gasteiger partial charge < -0.3 is 15.4 Å². The number of halogens is 1. The molecule has 3 unspecified atom stereocenters. The molecule has 1 aliphatic rings. The summed E-state index contributed by atoms with van der Waals surface area (Å²) in [5, 5.41) is 0.673. The van der Waals surface area contributed by atoms with E-state index in [4.69, 9.17) is 22.1 Å². The number of nitrogens with zero attached hydrogens (tertiary/aromatic N) is 1. The SMILES string of the molecule is CC(N)C(C)C(=O)N1CCOC(c2ccccc2Cl)C1. The molecule has 0 bridgehead atoms.